The van der Waals surface area contributed by atoms with E-state index in [4.69, 9.17) is 0 Å². The van der Waals surface area contributed by atoms with E-state index >= 15 is 0 Å². The topological polar surface area (TPSA) is 114 Å². The summed E-state index contributed by atoms with van der Waals surface area (Å²) in [4.78, 5) is 4.06. The first-order valence-electron chi connectivity index (χ1n) is 7.30. The van der Waals surface area contributed by atoms with Crippen LogP contribution >= 0.6 is 0 Å². The third kappa shape index (κ3) is 4.24. The number of hydrogen-bond donors (Lipinski definition) is 2. The van der Waals surface area contributed by atoms with Crippen LogP contribution in [-0.2, 0) is 23.0 Å². The zero-order chi connectivity index (χ0) is 17.0. The lowest BCUT2D eigenvalue weighted by Crippen LogP contribution is -2.25. The van der Waals surface area contributed by atoms with Crippen molar-refractivity contribution in [2.45, 2.75) is 13.0 Å². The summed E-state index contributed by atoms with van der Waals surface area (Å²) in [7, 11) is -3.22. The number of hydrogen-bond acceptors (Lipinski definition) is 7. The Kier molecular flexibility index (Phi) is 4.67. The normalized spacial score (nSPS) is 11.7. The van der Waals surface area contributed by atoms with Crippen molar-refractivity contribution < 1.29 is 8.42 Å². The first-order chi connectivity index (χ1) is 11.5. The highest BCUT2D eigenvalue weighted by Crippen LogP contribution is 2.09. The van der Waals surface area contributed by atoms with Crippen LogP contribution < -0.4 is 10.0 Å². The third-order valence-corrected chi connectivity index (χ3v) is 3.97. The van der Waals surface area contributed by atoms with Gasteiger partial charge in [0.1, 0.15) is 5.82 Å². The molecule has 0 radical (unpaired) electrons. The van der Waals surface area contributed by atoms with Crippen LogP contribution in [0.2, 0.25) is 0 Å². The summed E-state index contributed by atoms with van der Waals surface area (Å²) in [6.07, 6.45) is 5.02. The van der Waals surface area contributed by atoms with Crippen molar-refractivity contribution in [2.24, 2.45) is 0 Å². The summed E-state index contributed by atoms with van der Waals surface area (Å²) >= 11 is 0. The van der Waals surface area contributed by atoms with E-state index in [9.17, 15) is 8.42 Å². The molecule has 3 aromatic rings. The molecule has 0 aromatic carbocycles. The molecule has 24 heavy (non-hydrogen) atoms. The minimum absolute atomic E-state index is 0.245. The molecule has 0 aliphatic rings. The molecule has 0 aliphatic heterocycles. The Labute approximate surface area is 139 Å². The van der Waals surface area contributed by atoms with Gasteiger partial charge in [-0.2, -0.15) is 4.52 Å². The monoisotopic (exact) mass is 347 g/mol. The summed E-state index contributed by atoms with van der Waals surface area (Å²) < 4.78 is 26.3. The van der Waals surface area contributed by atoms with Crippen LogP contribution in [0.3, 0.4) is 0 Å². The highest BCUT2D eigenvalue weighted by molar-refractivity contribution is 7.88. The van der Waals surface area contributed by atoms with E-state index in [0.717, 1.165) is 11.8 Å². The molecule has 3 aromatic heterocycles. The summed E-state index contributed by atoms with van der Waals surface area (Å²) in [6.45, 7) is 0.841. The molecule has 126 valence electrons. The quantitative estimate of drug-likeness (QED) is 0.628. The summed E-state index contributed by atoms with van der Waals surface area (Å²) in [5.41, 5.74) is 1.65. The predicted octanol–water partition coefficient (Wildman–Crippen LogP) is 0.223. The van der Waals surface area contributed by atoms with E-state index in [2.05, 4.69) is 30.3 Å². The van der Waals surface area contributed by atoms with Gasteiger partial charge in [0, 0.05) is 31.9 Å². The van der Waals surface area contributed by atoms with Crippen molar-refractivity contribution in [1.82, 2.24) is 29.5 Å². The zero-order valence-electron chi connectivity index (χ0n) is 13.0. The second-order valence-corrected chi connectivity index (χ2v) is 7.07. The predicted molar refractivity (Wildman–Crippen MR) is 88.9 cm³/mol. The van der Waals surface area contributed by atoms with Crippen molar-refractivity contribution in [3.8, 4) is 0 Å². The number of aromatic nitrogens is 5. The van der Waals surface area contributed by atoms with E-state index in [0.29, 0.717) is 30.3 Å². The smallest absolute Gasteiger partial charge is 0.208 e. The number of nitrogens with zero attached hydrogens (tertiary/aromatic N) is 5. The maximum absolute atomic E-state index is 11.1. The second-order valence-electron chi connectivity index (χ2n) is 5.24. The van der Waals surface area contributed by atoms with Gasteiger partial charge in [-0.25, -0.2) is 13.1 Å². The first kappa shape index (κ1) is 16.3. The van der Waals surface area contributed by atoms with Gasteiger partial charge in [-0.05, 0) is 23.8 Å². The maximum Gasteiger partial charge on any atom is 0.208 e. The van der Waals surface area contributed by atoms with Crippen LogP contribution in [-0.4, -0.2) is 46.0 Å². The number of pyridine rings is 1. The second kappa shape index (κ2) is 6.89. The number of anilines is 1. The van der Waals surface area contributed by atoms with Crippen molar-refractivity contribution in [3.63, 3.8) is 0 Å². The average Bonchev–Trinajstić information content (AvgIpc) is 2.95. The van der Waals surface area contributed by atoms with Crippen molar-refractivity contribution in [2.75, 3.05) is 18.1 Å². The van der Waals surface area contributed by atoms with Crippen molar-refractivity contribution >= 4 is 21.5 Å². The highest BCUT2D eigenvalue weighted by Gasteiger charge is 2.09. The Bertz CT molecular complexity index is 925. The molecule has 0 atom stereocenters. The molecule has 0 aliphatic carbocycles. The van der Waals surface area contributed by atoms with Crippen LogP contribution in [0.5, 0.6) is 0 Å². The molecule has 3 rings (SSSR count). The van der Waals surface area contributed by atoms with Gasteiger partial charge in [0.2, 0.25) is 10.0 Å². The molecule has 0 unspecified atom stereocenters. The van der Waals surface area contributed by atoms with E-state index in [1.807, 2.05) is 18.2 Å². The van der Waals surface area contributed by atoms with Crippen LogP contribution in [0.4, 0.5) is 5.82 Å². The molecule has 0 bridgehead atoms. The van der Waals surface area contributed by atoms with Crippen molar-refractivity contribution in [1.29, 1.82) is 0 Å². The molecular weight excluding hydrogens is 330 g/mol. The Balaban J connectivity index is 1.71. The van der Waals surface area contributed by atoms with E-state index < -0.39 is 10.0 Å². The number of fused-ring (bicyclic) bond motifs is 1. The van der Waals surface area contributed by atoms with Crippen LogP contribution in [0.1, 0.15) is 11.4 Å². The van der Waals surface area contributed by atoms with Gasteiger partial charge in [0.15, 0.2) is 11.5 Å². The fourth-order valence-electron chi connectivity index (χ4n) is 2.13. The Hall–Kier alpha value is -2.59. The maximum atomic E-state index is 11.1. The molecule has 9 nitrogen and oxygen atoms in total. The Morgan fingerprint density at radius 1 is 1.21 bits per heavy atom. The van der Waals surface area contributed by atoms with E-state index in [1.54, 1.807) is 23.0 Å². The van der Waals surface area contributed by atoms with Crippen molar-refractivity contribution in [3.05, 3.63) is 48.0 Å². The van der Waals surface area contributed by atoms with Gasteiger partial charge in [-0.15, -0.1) is 15.3 Å². The molecule has 0 saturated heterocycles. The summed E-state index contributed by atoms with van der Waals surface area (Å²) in [5.74, 6) is 1.26. The zero-order valence-corrected chi connectivity index (χ0v) is 13.9. The lowest BCUT2D eigenvalue weighted by Gasteiger charge is -2.06. The Morgan fingerprint density at radius 3 is 2.83 bits per heavy atom. The Morgan fingerprint density at radius 2 is 2.08 bits per heavy atom. The summed E-state index contributed by atoms with van der Waals surface area (Å²) in [5, 5.41) is 15.7. The van der Waals surface area contributed by atoms with Gasteiger partial charge in [-0.1, -0.05) is 6.07 Å². The summed E-state index contributed by atoms with van der Waals surface area (Å²) in [6, 6.07) is 7.47. The standard InChI is InChI=1S/C14H17N7O2S/c1-24(22,23)17-8-6-14-19-18-13-5-4-12(20-21(13)14)16-10-11-3-2-7-15-9-11/h2-5,7,9,17H,6,8,10H2,1H3,(H,16,20). The third-order valence-electron chi connectivity index (χ3n) is 3.24. The molecular formula is C14H17N7O2S. The van der Waals surface area contributed by atoms with Gasteiger partial charge in [0.25, 0.3) is 0 Å². The fourth-order valence-corrected chi connectivity index (χ4v) is 2.60. The number of rotatable bonds is 7. The fraction of sp³-hybridized carbons (Fsp3) is 0.286. The van der Waals surface area contributed by atoms with E-state index in [-0.39, 0.29) is 6.54 Å². The van der Waals surface area contributed by atoms with Gasteiger partial charge in [-0.3, -0.25) is 4.98 Å². The highest BCUT2D eigenvalue weighted by atomic mass is 32.2. The molecule has 3 heterocycles. The van der Waals surface area contributed by atoms with E-state index in [1.165, 1.54) is 0 Å². The van der Waals surface area contributed by atoms with Gasteiger partial charge in [0.05, 0.1) is 6.26 Å². The molecule has 0 amide bonds. The number of nitrogens with one attached hydrogen (secondary N) is 2. The molecule has 10 heteroatoms. The molecule has 2 N–H and O–H groups in total. The van der Waals surface area contributed by atoms with Gasteiger partial charge < -0.3 is 5.32 Å². The SMILES string of the molecule is CS(=O)(=O)NCCc1nnc2ccc(NCc3cccnc3)nn12. The van der Waals surface area contributed by atoms with Gasteiger partial charge >= 0.3 is 0 Å². The van der Waals surface area contributed by atoms with Crippen LogP contribution in [0, 0.1) is 0 Å². The van der Waals surface area contributed by atoms with Crippen LogP contribution in [0.15, 0.2) is 36.7 Å². The molecule has 0 fully saturated rings. The average molecular weight is 347 g/mol. The first-order valence-corrected chi connectivity index (χ1v) is 9.19. The minimum Gasteiger partial charge on any atom is -0.364 e. The lowest BCUT2D eigenvalue weighted by atomic mass is 10.3. The number of sulfonamides is 1. The minimum atomic E-state index is -3.22. The molecule has 0 saturated carbocycles. The van der Waals surface area contributed by atoms with Crippen LogP contribution in [0.25, 0.3) is 5.65 Å². The largest absolute Gasteiger partial charge is 0.364 e. The molecule has 0 spiro atoms. The lowest BCUT2D eigenvalue weighted by molar-refractivity contribution is 0.586.